The number of carbonyl (C=O) groups excluding carboxylic acids is 3. The lowest BCUT2D eigenvalue weighted by atomic mass is 10.1. The van der Waals surface area contributed by atoms with Crippen LogP contribution in [0.15, 0.2) is 54.6 Å². The van der Waals surface area contributed by atoms with E-state index in [-0.39, 0.29) is 5.91 Å². The van der Waals surface area contributed by atoms with Crippen molar-refractivity contribution in [2.24, 2.45) is 0 Å². The van der Waals surface area contributed by atoms with E-state index in [2.05, 4.69) is 10.6 Å². The summed E-state index contributed by atoms with van der Waals surface area (Å²) in [7, 11) is 0. The molecule has 2 rings (SSSR count). The third kappa shape index (κ3) is 6.24. The van der Waals surface area contributed by atoms with Gasteiger partial charge in [0.05, 0.1) is 0 Å². The first-order valence-electron chi connectivity index (χ1n) is 8.02. The van der Waals surface area contributed by atoms with E-state index >= 15 is 0 Å². The van der Waals surface area contributed by atoms with Crippen LogP contribution in [0, 0.1) is 6.92 Å². The summed E-state index contributed by atoms with van der Waals surface area (Å²) in [6.45, 7) is 2.93. The summed E-state index contributed by atoms with van der Waals surface area (Å²) >= 11 is 0. The molecule has 2 N–H and O–H groups in total. The Kier molecular flexibility index (Phi) is 6.68. The highest BCUT2D eigenvalue weighted by atomic mass is 16.5. The molecule has 0 spiro atoms. The fraction of sp³-hybridized carbons (Fsp3) is 0.150. The summed E-state index contributed by atoms with van der Waals surface area (Å²) in [5, 5.41) is 5.22. The lowest BCUT2D eigenvalue weighted by molar-refractivity contribution is -0.142. The first kappa shape index (κ1) is 18.9. The van der Waals surface area contributed by atoms with Gasteiger partial charge in [0.25, 0.3) is 5.91 Å². The predicted octanol–water partition coefficient (Wildman–Crippen LogP) is 3.15. The molecule has 0 saturated carbocycles. The van der Waals surface area contributed by atoms with E-state index in [1.807, 2.05) is 31.2 Å². The van der Waals surface area contributed by atoms with E-state index in [4.69, 9.17) is 4.74 Å². The Morgan fingerprint density at radius 3 is 2.38 bits per heavy atom. The van der Waals surface area contributed by atoms with Crippen LogP contribution < -0.4 is 10.6 Å². The number of aryl methyl sites for hydroxylation is 1. The van der Waals surface area contributed by atoms with Crippen LogP contribution in [-0.4, -0.2) is 24.4 Å². The molecule has 0 radical (unpaired) electrons. The zero-order valence-corrected chi connectivity index (χ0v) is 14.6. The first-order valence-corrected chi connectivity index (χ1v) is 8.02. The average molecular weight is 352 g/mol. The molecule has 6 heteroatoms. The van der Waals surface area contributed by atoms with Gasteiger partial charge in [-0.25, -0.2) is 4.79 Å². The number of esters is 1. The Balaban J connectivity index is 1.84. The van der Waals surface area contributed by atoms with Crippen LogP contribution in [0.4, 0.5) is 11.4 Å². The lowest BCUT2D eigenvalue weighted by Crippen LogP contribution is -2.20. The van der Waals surface area contributed by atoms with Crippen molar-refractivity contribution in [3.8, 4) is 0 Å². The van der Waals surface area contributed by atoms with Crippen LogP contribution in [0.3, 0.4) is 0 Å². The summed E-state index contributed by atoms with van der Waals surface area (Å²) < 4.78 is 4.92. The Labute approximate surface area is 151 Å². The van der Waals surface area contributed by atoms with Gasteiger partial charge in [0.2, 0.25) is 5.91 Å². The number of benzene rings is 2. The van der Waals surface area contributed by atoms with Gasteiger partial charge in [-0.3, -0.25) is 9.59 Å². The Morgan fingerprint density at radius 2 is 1.69 bits per heavy atom. The fourth-order valence-electron chi connectivity index (χ4n) is 2.19. The molecule has 0 unspecified atom stereocenters. The Hall–Kier alpha value is -3.41. The molecule has 0 aliphatic heterocycles. The summed E-state index contributed by atoms with van der Waals surface area (Å²) in [6, 6.07) is 14.3. The molecular formula is C20H20N2O4. The Bertz CT molecular complexity index is 843. The lowest BCUT2D eigenvalue weighted by Gasteiger charge is -2.08. The Morgan fingerprint density at radius 1 is 1.00 bits per heavy atom. The number of ether oxygens (including phenoxy) is 1. The van der Waals surface area contributed by atoms with Crippen molar-refractivity contribution >= 4 is 35.2 Å². The smallest absolute Gasteiger partial charge is 0.331 e. The number of anilines is 2. The zero-order valence-electron chi connectivity index (χ0n) is 14.6. The van der Waals surface area contributed by atoms with Gasteiger partial charge in [0.1, 0.15) is 0 Å². The van der Waals surface area contributed by atoms with Gasteiger partial charge in [-0.2, -0.15) is 0 Å². The van der Waals surface area contributed by atoms with Gasteiger partial charge in [0, 0.05) is 24.4 Å². The average Bonchev–Trinajstić information content (AvgIpc) is 2.59. The second-order valence-corrected chi connectivity index (χ2v) is 5.61. The molecule has 0 saturated heterocycles. The van der Waals surface area contributed by atoms with Gasteiger partial charge in [-0.15, -0.1) is 0 Å². The molecule has 2 amide bonds. The van der Waals surface area contributed by atoms with Crippen LogP contribution in [0.5, 0.6) is 0 Å². The maximum atomic E-state index is 11.9. The molecule has 26 heavy (non-hydrogen) atoms. The minimum absolute atomic E-state index is 0.206. The van der Waals surface area contributed by atoms with Gasteiger partial charge in [-0.05, 0) is 42.3 Å². The topological polar surface area (TPSA) is 84.5 Å². The minimum Gasteiger partial charge on any atom is -0.452 e. The summed E-state index contributed by atoms with van der Waals surface area (Å²) in [5.74, 6) is -1.28. The van der Waals surface area contributed by atoms with Crippen molar-refractivity contribution in [3.63, 3.8) is 0 Å². The highest BCUT2D eigenvalue weighted by Gasteiger charge is 2.06. The van der Waals surface area contributed by atoms with Crippen molar-refractivity contribution in [2.75, 3.05) is 17.2 Å². The maximum Gasteiger partial charge on any atom is 0.331 e. The molecule has 0 bridgehead atoms. The van der Waals surface area contributed by atoms with Crippen molar-refractivity contribution in [1.82, 2.24) is 0 Å². The molecule has 0 atom stereocenters. The normalized spacial score (nSPS) is 10.4. The predicted molar refractivity (Wildman–Crippen MR) is 101 cm³/mol. The van der Waals surface area contributed by atoms with Gasteiger partial charge in [0.15, 0.2) is 6.61 Å². The minimum atomic E-state index is -0.601. The molecular weight excluding hydrogens is 332 g/mol. The van der Waals surface area contributed by atoms with Crippen LogP contribution >= 0.6 is 0 Å². The number of amides is 2. The van der Waals surface area contributed by atoms with E-state index < -0.39 is 18.5 Å². The first-order chi connectivity index (χ1) is 12.4. The maximum absolute atomic E-state index is 11.9. The molecule has 6 nitrogen and oxygen atoms in total. The molecule has 0 aromatic heterocycles. The van der Waals surface area contributed by atoms with Crippen molar-refractivity contribution in [2.45, 2.75) is 13.8 Å². The molecule has 2 aromatic rings. The number of carbonyl (C=O) groups is 3. The highest BCUT2D eigenvalue weighted by Crippen LogP contribution is 2.15. The molecule has 134 valence electrons. The third-order valence-corrected chi connectivity index (χ3v) is 3.40. The molecule has 0 aliphatic carbocycles. The summed E-state index contributed by atoms with van der Waals surface area (Å²) in [4.78, 5) is 34.6. The van der Waals surface area contributed by atoms with Crippen LogP contribution in [0.1, 0.15) is 18.1 Å². The van der Waals surface area contributed by atoms with Crippen molar-refractivity contribution < 1.29 is 19.1 Å². The van der Waals surface area contributed by atoms with E-state index in [0.29, 0.717) is 11.4 Å². The van der Waals surface area contributed by atoms with Gasteiger partial charge >= 0.3 is 5.97 Å². The van der Waals surface area contributed by atoms with E-state index in [9.17, 15) is 14.4 Å². The largest absolute Gasteiger partial charge is 0.452 e. The molecule has 0 aliphatic rings. The second-order valence-electron chi connectivity index (χ2n) is 5.61. The summed E-state index contributed by atoms with van der Waals surface area (Å²) in [5.41, 5.74) is 3.00. The van der Waals surface area contributed by atoms with Crippen LogP contribution in [0.2, 0.25) is 0 Å². The van der Waals surface area contributed by atoms with Crippen LogP contribution in [0.25, 0.3) is 6.08 Å². The van der Waals surface area contributed by atoms with Gasteiger partial charge < -0.3 is 15.4 Å². The number of hydrogen-bond donors (Lipinski definition) is 2. The fourth-order valence-corrected chi connectivity index (χ4v) is 2.19. The highest BCUT2D eigenvalue weighted by molar-refractivity contribution is 5.95. The van der Waals surface area contributed by atoms with E-state index in [0.717, 1.165) is 11.1 Å². The van der Waals surface area contributed by atoms with Crippen molar-refractivity contribution in [3.05, 3.63) is 65.7 Å². The van der Waals surface area contributed by atoms with Crippen LogP contribution in [-0.2, 0) is 19.1 Å². The third-order valence-electron chi connectivity index (χ3n) is 3.40. The van der Waals surface area contributed by atoms with Gasteiger partial charge in [-0.1, -0.05) is 30.3 Å². The second kappa shape index (κ2) is 9.17. The SMILES string of the molecule is CC(=O)Nc1cccc(NC(=O)COC(=O)/C=C/c2ccccc2C)c1. The summed E-state index contributed by atoms with van der Waals surface area (Å²) in [6.07, 6.45) is 2.93. The number of rotatable bonds is 6. The monoisotopic (exact) mass is 352 g/mol. The van der Waals surface area contributed by atoms with E-state index in [1.165, 1.54) is 13.0 Å². The quantitative estimate of drug-likeness (QED) is 0.618. The zero-order chi connectivity index (χ0) is 18.9. The van der Waals surface area contributed by atoms with Crippen molar-refractivity contribution in [1.29, 1.82) is 0 Å². The molecule has 0 heterocycles. The standard InChI is InChI=1S/C20H20N2O4/c1-14-6-3-4-7-16(14)10-11-20(25)26-13-19(24)22-18-9-5-8-17(12-18)21-15(2)23/h3-12H,13H2,1-2H3,(H,21,23)(H,22,24)/b11-10+. The van der Waals surface area contributed by atoms with E-state index in [1.54, 1.807) is 30.3 Å². The molecule has 2 aromatic carbocycles. The number of nitrogens with one attached hydrogen (secondary N) is 2. The number of hydrogen-bond acceptors (Lipinski definition) is 4. The molecule has 0 fully saturated rings.